The van der Waals surface area contributed by atoms with Crippen molar-refractivity contribution in [2.45, 2.75) is 83.0 Å². The van der Waals surface area contributed by atoms with E-state index >= 15 is 0 Å². The smallest absolute Gasteiger partial charge is 0.237 e. The molecule has 0 aromatic heterocycles. The van der Waals surface area contributed by atoms with Gasteiger partial charge in [-0.25, -0.2) is 0 Å². The van der Waals surface area contributed by atoms with Crippen LogP contribution in [0.25, 0.3) is 0 Å². The van der Waals surface area contributed by atoms with Crippen LogP contribution in [0.2, 0.25) is 0 Å². The first-order chi connectivity index (χ1) is 10.1. The third kappa shape index (κ3) is 3.59. The fraction of sp³-hybridized carbons (Fsp3) is 0.941. The summed E-state index contributed by atoms with van der Waals surface area (Å²) in [5.74, 6) is 1.00. The van der Waals surface area contributed by atoms with Gasteiger partial charge in [-0.3, -0.25) is 4.79 Å². The maximum atomic E-state index is 12.5. The monoisotopic (exact) mass is 293 g/mol. The van der Waals surface area contributed by atoms with E-state index in [4.69, 9.17) is 0 Å². The van der Waals surface area contributed by atoms with Gasteiger partial charge in [-0.2, -0.15) is 0 Å². The predicted octanol–water partition coefficient (Wildman–Crippen LogP) is 1.90. The van der Waals surface area contributed by atoms with E-state index in [1.807, 2.05) is 0 Å². The predicted molar refractivity (Wildman–Crippen MR) is 85.2 cm³/mol. The fourth-order valence-electron chi connectivity index (χ4n) is 4.38. The van der Waals surface area contributed by atoms with E-state index in [0.717, 1.165) is 38.3 Å². The van der Waals surface area contributed by atoms with Crippen LogP contribution in [0.3, 0.4) is 0 Å². The maximum Gasteiger partial charge on any atom is 0.237 e. The van der Waals surface area contributed by atoms with Gasteiger partial charge >= 0.3 is 0 Å². The Labute approximate surface area is 129 Å². The summed E-state index contributed by atoms with van der Waals surface area (Å²) in [6.07, 6.45) is 8.52. The summed E-state index contributed by atoms with van der Waals surface area (Å²) >= 11 is 0. The summed E-state index contributed by atoms with van der Waals surface area (Å²) in [4.78, 5) is 15.0. The molecule has 21 heavy (non-hydrogen) atoms. The van der Waals surface area contributed by atoms with Crippen molar-refractivity contribution >= 4 is 5.91 Å². The first kappa shape index (κ1) is 15.3. The van der Waals surface area contributed by atoms with Crippen molar-refractivity contribution in [3.05, 3.63) is 0 Å². The zero-order chi connectivity index (χ0) is 14.8. The molecule has 0 radical (unpaired) electrons. The number of nitrogens with zero attached hydrogens (tertiary/aromatic N) is 1. The summed E-state index contributed by atoms with van der Waals surface area (Å²) in [6.45, 7) is 6.74. The minimum absolute atomic E-state index is 0.0706. The maximum absolute atomic E-state index is 12.5. The van der Waals surface area contributed by atoms with E-state index in [1.54, 1.807) is 0 Å². The van der Waals surface area contributed by atoms with Gasteiger partial charge in [0.15, 0.2) is 0 Å². The van der Waals surface area contributed by atoms with Gasteiger partial charge in [0.2, 0.25) is 5.91 Å². The molecule has 3 atom stereocenters. The lowest BCUT2D eigenvalue weighted by Gasteiger charge is -2.35. The zero-order valence-corrected chi connectivity index (χ0v) is 13.6. The Hall–Kier alpha value is -0.610. The molecule has 4 heteroatoms. The van der Waals surface area contributed by atoms with Crippen molar-refractivity contribution in [2.24, 2.45) is 5.92 Å². The van der Waals surface area contributed by atoms with E-state index < -0.39 is 0 Å². The van der Waals surface area contributed by atoms with Gasteiger partial charge in [0.05, 0.1) is 6.04 Å². The second kappa shape index (κ2) is 6.66. The van der Waals surface area contributed by atoms with Crippen LogP contribution in [0.5, 0.6) is 0 Å². The summed E-state index contributed by atoms with van der Waals surface area (Å²) in [7, 11) is 0. The van der Waals surface area contributed by atoms with Crippen LogP contribution in [-0.4, -0.2) is 48.1 Å². The topological polar surface area (TPSA) is 44.4 Å². The lowest BCUT2D eigenvalue weighted by atomic mass is 9.85. The molecule has 0 spiro atoms. The van der Waals surface area contributed by atoms with E-state index in [9.17, 15) is 4.79 Å². The molecule has 120 valence electrons. The molecule has 1 saturated carbocycles. The number of carbonyl (C=O) groups is 1. The molecule has 1 amide bonds. The normalized spacial score (nSPS) is 34.9. The Morgan fingerprint density at radius 1 is 1.14 bits per heavy atom. The number of hydrogen-bond donors (Lipinski definition) is 2. The molecule has 2 heterocycles. The molecule has 4 nitrogen and oxygen atoms in total. The van der Waals surface area contributed by atoms with Crippen molar-refractivity contribution in [2.75, 3.05) is 13.1 Å². The summed E-state index contributed by atoms with van der Waals surface area (Å²) in [5, 5.41) is 6.89. The minimum Gasteiger partial charge on any atom is -0.352 e. The fourth-order valence-corrected chi connectivity index (χ4v) is 4.38. The second-order valence-electron chi connectivity index (χ2n) is 7.52. The van der Waals surface area contributed by atoms with Gasteiger partial charge in [-0.15, -0.1) is 0 Å². The molecule has 0 aromatic rings. The van der Waals surface area contributed by atoms with Gasteiger partial charge in [0.1, 0.15) is 0 Å². The number of piperidine rings is 1. The van der Waals surface area contributed by atoms with Crippen molar-refractivity contribution in [3.8, 4) is 0 Å². The van der Waals surface area contributed by atoms with E-state index in [2.05, 4.69) is 29.4 Å². The Morgan fingerprint density at radius 3 is 2.52 bits per heavy atom. The molecule has 3 fully saturated rings. The van der Waals surface area contributed by atoms with Gasteiger partial charge in [-0.1, -0.05) is 12.8 Å². The zero-order valence-electron chi connectivity index (χ0n) is 13.6. The van der Waals surface area contributed by atoms with Gasteiger partial charge in [0, 0.05) is 31.2 Å². The Bertz CT molecular complexity index is 349. The standard InChI is InChI=1S/C17H31N3O/c1-12(2)20-9-7-14(8-10-20)18-17(21)16-11-13-5-3-4-6-15(13)19-16/h12-16,19H,3-11H2,1-2H3,(H,18,21). The lowest BCUT2D eigenvalue weighted by Crippen LogP contribution is -2.51. The molecular weight excluding hydrogens is 262 g/mol. The highest BCUT2D eigenvalue weighted by Crippen LogP contribution is 2.33. The summed E-state index contributed by atoms with van der Waals surface area (Å²) in [6, 6.07) is 1.69. The molecule has 1 aliphatic carbocycles. The number of rotatable bonds is 3. The summed E-state index contributed by atoms with van der Waals surface area (Å²) in [5.41, 5.74) is 0. The molecule has 3 aliphatic rings. The largest absolute Gasteiger partial charge is 0.352 e. The molecular formula is C17H31N3O. The van der Waals surface area contributed by atoms with E-state index in [0.29, 0.717) is 18.1 Å². The highest BCUT2D eigenvalue weighted by atomic mass is 16.2. The molecule has 0 bridgehead atoms. The van der Waals surface area contributed by atoms with Crippen LogP contribution >= 0.6 is 0 Å². The quantitative estimate of drug-likeness (QED) is 0.835. The molecule has 2 N–H and O–H groups in total. The van der Waals surface area contributed by atoms with Gasteiger partial charge in [-0.05, 0) is 51.9 Å². The molecule has 0 aromatic carbocycles. The number of likely N-dealkylation sites (tertiary alicyclic amines) is 1. The van der Waals surface area contributed by atoms with Crippen molar-refractivity contribution < 1.29 is 4.79 Å². The first-order valence-electron chi connectivity index (χ1n) is 8.94. The second-order valence-corrected chi connectivity index (χ2v) is 7.52. The summed E-state index contributed by atoms with van der Waals surface area (Å²) < 4.78 is 0. The van der Waals surface area contributed by atoms with Crippen LogP contribution in [0.15, 0.2) is 0 Å². The SMILES string of the molecule is CC(C)N1CCC(NC(=O)C2CC3CCCCC3N2)CC1. The third-order valence-electron chi connectivity index (χ3n) is 5.79. The number of amides is 1. The van der Waals surface area contributed by atoms with E-state index in [-0.39, 0.29) is 11.9 Å². The average Bonchev–Trinajstić information content (AvgIpc) is 2.92. The number of hydrogen-bond acceptors (Lipinski definition) is 3. The molecule has 3 rings (SSSR count). The van der Waals surface area contributed by atoms with Crippen molar-refractivity contribution in [1.29, 1.82) is 0 Å². The highest BCUT2D eigenvalue weighted by Gasteiger charge is 2.38. The first-order valence-corrected chi connectivity index (χ1v) is 8.94. The minimum atomic E-state index is 0.0706. The number of fused-ring (bicyclic) bond motifs is 1. The van der Waals surface area contributed by atoms with Crippen LogP contribution < -0.4 is 10.6 Å². The Balaban J connectivity index is 1.45. The van der Waals surface area contributed by atoms with Gasteiger partial charge < -0.3 is 15.5 Å². The average molecular weight is 293 g/mol. The number of nitrogens with one attached hydrogen (secondary N) is 2. The van der Waals surface area contributed by atoms with Crippen LogP contribution in [0.1, 0.15) is 58.8 Å². The number of carbonyl (C=O) groups excluding carboxylic acids is 1. The van der Waals surface area contributed by atoms with Crippen LogP contribution in [-0.2, 0) is 4.79 Å². The van der Waals surface area contributed by atoms with E-state index in [1.165, 1.54) is 25.7 Å². The Morgan fingerprint density at radius 2 is 1.86 bits per heavy atom. The van der Waals surface area contributed by atoms with Crippen LogP contribution in [0, 0.1) is 5.92 Å². The van der Waals surface area contributed by atoms with Crippen molar-refractivity contribution in [1.82, 2.24) is 15.5 Å². The molecule has 3 unspecified atom stereocenters. The molecule has 2 saturated heterocycles. The lowest BCUT2D eigenvalue weighted by molar-refractivity contribution is -0.123. The Kier molecular flexibility index (Phi) is 4.85. The van der Waals surface area contributed by atoms with Crippen LogP contribution in [0.4, 0.5) is 0 Å². The molecule has 2 aliphatic heterocycles. The van der Waals surface area contributed by atoms with Gasteiger partial charge in [0.25, 0.3) is 0 Å². The highest BCUT2D eigenvalue weighted by molar-refractivity contribution is 5.82. The third-order valence-corrected chi connectivity index (χ3v) is 5.79. The van der Waals surface area contributed by atoms with Crippen molar-refractivity contribution in [3.63, 3.8) is 0 Å².